The number of rotatable bonds is 12. The highest BCUT2D eigenvalue weighted by Gasteiger charge is 2.41. The van der Waals surface area contributed by atoms with Crippen LogP contribution in [0, 0.1) is 11.8 Å². The topological polar surface area (TPSA) is 175 Å². The fourth-order valence-electron chi connectivity index (χ4n) is 11.6. The Morgan fingerprint density at radius 2 is 1.85 bits per heavy atom. The number of carbonyl (C=O) groups excluding carboxylic acids is 3. The molecule has 2 bridgehead atoms. The molecular weight excluding hydrogens is 860 g/mol. The SMILES string of the molecule is Cn1c(=O)n(C2CCC(=O)NC2=O)c2cccc([C@H]3C[C@H](CO[C@@H]4CCN(C[C@H]5CC[C@H](n6cc(NC(=O)c7cnn8ccc(N9C[C@H]%10C[C@@H]9CO%10)nc78)c(C(F)F)n6)CC5)C[C@@H]4F)C3)c21. The smallest absolute Gasteiger partial charge is 0.329 e. The van der Waals surface area contributed by atoms with E-state index in [1.165, 1.54) is 21.5 Å². The monoisotopic (exact) mass is 913 g/mol. The van der Waals surface area contributed by atoms with Gasteiger partial charge in [0.15, 0.2) is 11.3 Å². The average Bonchev–Trinajstić information content (AvgIpc) is 4.14. The van der Waals surface area contributed by atoms with E-state index >= 15 is 4.39 Å². The van der Waals surface area contributed by atoms with Crippen molar-refractivity contribution in [2.75, 3.05) is 49.6 Å². The summed E-state index contributed by atoms with van der Waals surface area (Å²) in [5, 5.41) is 13.6. The van der Waals surface area contributed by atoms with Crippen LogP contribution in [0.1, 0.15) is 110 Å². The number of morpholine rings is 1. The second-order valence-electron chi connectivity index (χ2n) is 19.3. The lowest BCUT2D eigenvalue weighted by Crippen LogP contribution is -2.48. The van der Waals surface area contributed by atoms with Crippen molar-refractivity contribution in [2.24, 2.45) is 18.9 Å². The van der Waals surface area contributed by atoms with Crippen molar-refractivity contribution in [1.29, 1.82) is 0 Å². The van der Waals surface area contributed by atoms with Crippen molar-refractivity contribution in [3.63, 3.8) is 0 Å². The van der Waals surface area contributed by atoms with Gasteiger partial charge in [-0.25, -0.2) is 27.5 Å². The van der Waals surface area contributed by atoms with Crippen molar-refractivity contribution < 1.29 is 37.0 Å². The number of alkyl halides is 3. The Balaban J connectivity index is 0.646. The Morgan fingerprint density at radius 1 is 1.02 bits per heavy atom. The van der Waals surface area contributed by atoms with Crippen LogP contribution in [0.15, 0.2) is 47.7 Å². The number of para-hydroxylation sites is 1. The lowest BCUT2D eigenvalue weighted by atomic mass is 9.71. The normalized spacial score (nSPS) is 29.3. The molecule has 20 heteroatoms. The van der Waals surface area contributed by atoms with Crippen LogP contribution < -0.4 is 21.2 Å². The maximum atomic E-state index is 15.6. The van der Waals surface area contributed by atoms with Gasteiger partial charge in [-0.3, -0.25) is 38.4 Å². The molecule has 1 aromatic carbocycles. The van der Waals surface area contributed by atoms with Crippen molar-refractivity contribution in [1.82, 2.24) is 43.7 Å². The van der Waals surface area contributed by atoms with E-state index in [4.69, 9.17) is 14.5 Å². The van der Waals surface area contributed by atoms with E-state index in [2.05, 4.69) is 30.6 Å². The largest absolute Gasteiger partial charge is 0.375 e. The van der Waals surface area contributed by atoms with Gasteiger partial charge in [-0.2, -0.15) is 10.2 Å². The Hall–Kier alpha value is -5.60. The van der Waals surface area contributed by atoms with Crippen LogP contribution >= 0.6 is 0 Å². The summed E-state index contributed by atoms with van der Waals surface area (Å²) in [7, 11) is 1.72. The number of amides is 3. The Labute approximate surface area is 377 Å². The van der Waals surface area contributed by atoms with Crippen molar-refractivity contribution in [3.8, 4) is 0 Å². The summed E-state index contributed by atoms with van der Waals surface area (Å²) < 4.78 is 62.4. The van der Waals surface area contributed by atoms with Gasteiger partial charge in [0.25, 0.3) is 12.3 Å². The third-order valence-corrected chi connectivity index (χ3v) is 15.2. The molecule has 1 unspecified atom stereocenters. The first kappa shape index (κ1) is 43.0. The highest BCUT2D eigenvalue weighted by molar-refractivity contribution is 6.08. The zero-order chi connectivity index (χ0) is 45.4. The van der Waals surface area contributed by atoms with Crippen molar-refractivity contribution in [3.05, 3.63) is 70.2 Å². The number of fused-ring (bicyclic) bond motifs is 4. The van der Waals surface area contributed by atoms with E-state index in [-0.39, 0.29) is 65.7 Å². The maximum absolute atomic E-state index is 15.6. The summed E-state index contributed by atoms with van der Waals surface area (Å²) in [5.74, 6) is 0.154. The van der Waals surface area contributed by atoms with Gasteiger partial charge >= 0.3 is 5.69 Å². The lowest BCUT2D eigenvalue weighted by Gasteiger charge is -2.40. The third kappa shape index (κ3) is 7.87. The summed E-state index contributed by atoms with van der Waals surface area (Å²) in [6.07, 6.45) is 7.18. The minimum Gasteiger partial charge on any atom is -0.375 e. The first-order chi connectivity index (χ1) is 31.9. The zero-order valence-electron chi connectivity index (χ0n) is 36.7. The van der Waals surface area contributed by atoms with E-state index in [9.17, 15) is 28.0 Å². The van der Waals surface area contributed by atoms with E-state index in [0.29, 0.717) is 43.3 Å². The van der Waals surface area contributed by atoms with E-state index in [1.807, 2.05) is 24.3 Å². The average molecular weight is 914 g/mol. The summed E-state index contributed by atoms with van der Waals surface area (Å²) in [6, 6.07) is 7.03. The molecule has 17 nitrogen and oxygen atoms in total. The van der Waals surface area contributed by atoms with E-state index in [0.717, 1.165) is 81.5 Å². The number of imide groups is 1. The third-order valence-electron chi connectivity index (χ3n) is 15.2. The molecule has 0 radical (unpaired) electrons. The fraction of sp³-hybridized carbons (Fsp3) is 0.587. The molecule has 4 aromatic heterocycles. The number of aromatic nitrogens is 7. The molecule has 5 atom stereocenters. The molecule has 8 heterocycles. The van der Waals surface area contributed by atoms with Gasteiger partial charge < -0.3 is 19.7 Å². The number of aryl methyl sites for hydroxylation is 1. The molecule has 2 aliphatic carbocycles. The summed E-state index contributed by atoms with van der Waals surface area (Å²) >= 11 is 0. The molecule has 6 aliphatic rings. The molecule has 350 valence electrons. The number of benzene rings is 1. The van der Waals surface area contributed by atoms with Crippen LogP contribution in [0.3, 0.4) is 0 Å². The number of piperidine rings is 2. The molecule has 6 fully saturated rings. The van der Waals surface area contributed by atoms with Gasteiger partial charge in [0.2, 0.25) is 11.8 Å². The number of carbonyl (C=O) groups is 3. The van der Waals surface area contributed by atoms with Gasteiger partial charge in [0.05, 0.1) is 53.8 Å². The molecule has 4 aliphatic heterocycles. The predicted molar refractivity (Wildman–Crippen MR) is 234 cm³/mol. The van der Waals surface area contributed by atoms with Crippen molar-refractivity contribution in [2.45, 2.75) is 113 Å². The molecule has 11 rings (SSSR count). The number of ether oxygens (including phenoxy) is 2. The number of hydrogen-bond donors (Lipinski definition) is 2. The lowest BCUT2D eigenvalue weighted by molar-refractivity contribution is -0.135. The molecule has 66 heavy (non-hydrogen) atoms. The highest BCUT2D eigenvalue weighted by Crippen LogP contribution is 2.45. The van der Waals surface area contributed by atoms with Crippen LogP contribution in [-0.2, 0) is 26.1 Å². The fourth-order valence-corrected chi connectivity index (χ4v) is 11.6. The standard InChI is InChI=1S/C46H54F3N11O6/c1-55-41-31(3-2-4-35(41)60(46(55)64)36-9-10-39(61)53-45(36)63)27-15-26(16-27)23-66-37-11-13-56(21-33(37)47)19-25-5-7-28(8-6-25)59-22-34(40(54-59)42(48)49)51-44(62)32-18-50-58-14-12-38(52-43(32)58)57-20-30-17-29(57)24-65-30/h2-4,12,14,18,22,25-30,33,36-37,42H,5-11,13,15-17,19-21,23-24H2,1H3,(H,51,62)(H,53,61,63)/t25-,26-,27-,28-,29-,30-,33+,36?,37-/m1/s1. The number of imidazole rings is 1. The highest BCUT2D eigenvalue weighted by atomic mass is 19.3. The molecule has 3 amide bonds. The minimum absolute atomic E-state index is 0.0391. The van der Waals surface area contributed by atoms with Crippen LogP contribution in [0.25, 0.3) is 16.7 Å². The number of nitrogens with one attached hydrogen (secondary N) is 2. The summed E-state index contributed by atoms with van der Waals surface area (Å²) in [5.41, 5.74) is 2.23. The van der Waals surface area contributed by atoms with E-state index < -0.39 is 42.3 Å². The minimum atomic E-state index is -2.89. The Morgan fingerprint density at radius 3 is 2.59 bits per heavy atom. The van der Waals surface area contributed by atoms with Crippen molar-refractivity contribution >= 4 is 45.9 Å². The first-order valence-corrected chi connectivity index (χ1v) is 23.4. The number of likely N-dealkylation sites (tertiary alicyclic amines) is 1. The number of hydrogen-bond acceptors (Lipinski definition) is 11. The molecular formula is C46H54F3N11O6. The molecule has 4 saturated heterocycles. The molecule has 2 N–H and O–H groups in total. The quantitative estimate of drug-likeness (QED) is 0.160. The van der Waals surface area contributed by atoms with Gasteiger partial charge in [-0.15, -0.1) is 0 Å². The number of halogens is 3. The van der Waals surface area contributed by atoms with E-state index in [1.54, 1.807) is 22.5 Å². The van der Waals surface area contributed by atoms with Gasteiger partial charge in [0, 0.05) is 58.6 Å². The van der Waals surface area contributed by atoms with Crippen LogP contribution in [0.4, 0.5) is 24.7 Å². The second kappa shape index (κ2) is 17.2. The van der Waals surface area contributed by atoms with Crippen LogP contribution in [-0.4, -0.2) is 120 Å². The van der Waals surface area contributed by atoms with Crippen LogP contribution in [0.5, 0.6) is 0 Å². The summed E-state index contributed by atoms with van der Waals surface area (Å²) in [4.78, 5) is 60.5. The molecule has 5 aromatic rings. The zero-order valence-corrected chi connectivity index (χ0v) is 36.7. The van der Waals surface area contributed by atoms with Gasteiger partial charge in [-0.05, 0) is 93.2 Å². The van der Waals surface area contributed by atoms with Gasteiger partial charge in [-0.1, -0.05) is 12.1 Å². The predicted octanol–water partition coefficient (Wildman–Crippen LogP) is 5.08. The number of nitrogens with zero attached hydrogens (tertiary/aromatic N) is 9. The molecule has 2 saturated carbocycles. The second-order valence-corrected chi connectivity index (χ2v) is 19.3. The Bertz CT molecular complexity index is 2740. The Kier molecular flexibility index (Phi) is 11.2. The van der Waals surface area contributed by atoms with Crippen LogP contribution in [0.2, 0.25) is 0 Å². The maximum Gasteiger partial charge on any atom is 0.329 e. The first-order valence-electron chi connectivity index (χ1n) is 23.4. The van der Waals surface area contributed by atoms with Gasteiger partial charge in [0.1, 0.15) is 23.6 Å². The number of anilines is 2. The molecule has 0 spiro atoms. The summed E-state index contributed by atoms with van der Waals surface area (Å²) in [6.45, 7) is 3.62.